The lowest BCUT2D eigenvalue weighted by atomic mass is 10.00. The predicted octanol–water partition coefficient (Wildman–Crippen LogP) is 3.57. The molecule has 0 saturated heterocycles. The fraction of sp³-hybridized carbons (Fsp3) is 0. The summed E-state index contributed by atoms with van der Waals surface area (Å²) < 4.78 is 0. The number of rotatable bonds is 2. The van der Waals surface area contributed by atoms with Gasteiger partial charge in [0, 0.05) is 0 Å². The first kappa shape index (κ1) is 15.0. The SMILES string of the molecule is O=C1c2ccc(-c3cccc(O)c3)cc2C(=O)N1c1ccc(O)cc1. The Bertz CT molecular complexity index is 1010. The van der Waals surface area contributed by atoms with Gasteiger partial charge in [0.25, 0.3) is 11.8 Å². The average Bonchev–Trinajstić information content (AvgIpc) is 2.86. The van der Waals surface area contributed by atoms with Gasteiger partial charge < -0.3 is 10.2 Å². The lowest BCUT2D eigenvalue weighted by Crippen LogP contribution is -2.29. The number of hydrogen-bond acceptors (Lipinski definition) is 4. The molecule has 0 unspecified atom stereocenters. The smallest absolute Gasteiger partial charge is 0.266 e. The molecule has 0 spiro atoms. The van der Waals surface area contributed by atoms with Crippen molar-refractivity contribution >= 4 is 17.5 Å². The first-order valence-electron chi connectivity index (χ1n) is 7.66. The molecule has 0 aromatic heterocycles. The fourth-order valence-corrected chi connectivity index (χ4v) is 2.94. The highest BCUT2D eigenvalue weighted by Crippen LogP contribution is 2.33. The molecule has 5 heteroatoms. The third kappa shape index (κ3) is 2.42. The standard InChI is InChI=1S/C20H13NO4/c22-15-7-5-14(6-8-15)21-19(24)17-9-4-13(11-18(17)20(21)25)12-2-1-3-16(23)10-12/h1-11,22-23H. The Morgan fingerprint density at radius 1 is 0.640 bits per heavy atom. The summed E-state index contributed by atoms with van der Waals surface area (Å²) in [5, 5.41) is 19.0. The molecule has 0 fully saturated rings. The molecule has 0 bridgehead atoms. The second-order valence-corrected chi connectivity index (χ2v) is 5.77. The second kappa shape index (κ2) is 5.49. The van der Waals surface area contributed by atoms with Crippen molar-refractivity contribution in [3.8, 4) is 22.6 Å². The van der Waals surface area contributed by atoms with Gasteiger partial charge in [-0.1, -0.05) is 18.2 Å². The summed E-state index contributed by atoms with van der Waals surface area (Å²) in [6, 6.07) is 17.6. The molecule has 2 N–H and O–H groups in total. The lowest BCUT2D eigenvalue weighted by molar-refractivity contribution is 0.0926. The van der Waals surface area contributed by atoms with Crippen molar-refractivity contribution in [3.05, 3.63) is 77.9 Å². The molecule has 0 saturated carbocycles. The molecule has 5 nitrogen and oxygen atoms in total. The van der Waals surface area contributed by atoms with Crippen LogP contribution >= 0.6 is 0 Å². The summed E-state index contributed by atoms with van der Waals surface area (Å²) in [6.45, 7) is 0. The number of nitrogens with zero attached hydrogens (tertiary/aromatic N) is 1. The number of benzene rings is 3. The zero-order chi connectivity index (χ0) is 17.6. The number of hydrogen-bond donors (Lipinski definition) is 2. The Hall–Kier alpha value is -3.60. The first-order chi connectivity index (χ1) is 12.0. The summed E-state index contributed by atoms with van der Waals surface area (Å²) in [5.74, 6) is -0.613. The quantitative estimate of drug-likeness (QED) is 0.704. The maximum absolute atomic E-state index is 12.7. The summed E-state index contributed by atoms with van der Waals surface area (Å²) in [6.07, 6.45) is 0. The number of amides is 2. The molecular formula is C20H13NO4. The van der Waals surface area contributed by atoms with Crippen molar-refractivity contribution in [3.63, 3.8) is 0 Å². The summed E-state index contributed by atoms with van der Waals surface area (Å²) in [5.41, 5.74) is 2.55. The zero-order valence-electron chi connectivity index (χ0n) is 13.0. The normalized spacial score (nSPS) is 13.2. The lowest BCUT2D eigenvalue weighted by Gasteiger charge is -2.13. The van der Waals surface area contributed by atoms with Crippen LogP contribution in [0.4, 0.5) is 5.69 Å². The number of anilines is 1. The maximum Gasteiger partial charge on any atom is 0.266 e. The predicted molar refractivity (Wildman–Crippen MR) is 92.8 cm³/mol. The number of phenols is 2. The molecule has 2 amide bonds. The van der Waals surface area contributed by atoms with Crippen LogP contribution < -0.4 is 4.90 Å². The number of imide groups is 1. The third-order valence-electron chi connectivity index (χ3n) is 4.17. The van der Waals surface area contributed by atoms with E-state index in [9.17, 15) is 19.8 Å². The zero-order valence-corrected chi connectivity index (χ0v) is 13.0. The van der Waals surface area contributed by atoms with Crippen LogP contribution in [0, 0.1) is 0 Å². The molecule has 3 aromatic rings. The molecule has 0 atom stereocenters. The van der Waals surface area contributed by atoms with Gasteiger partial charge in [0.1, 0.15) is 11.5 Å². The van der Waals surface area contributed by atoms with Crippen molar-refractivity contribution in [2.75, 3.05) is 4.90 Å². The molecule has 1 aliphatic rings. The van der Waals surface area contributed by atoms with Crippen LogP contribution in [0.2, 0.25) is 0 Å². The Morgan fingerprint density at radius 2 is 1.32 bits per heavy atom. The van der Waals surface area contributed by atoms with Gasteiger partial charge in [-0.2, -0.15) is 0 Å². The van der Waals surface area contributed by atoms with Gasteiger partial charge in [-0.3, -0.25) is 9.59 Å². The largest absolute Gasteiger partial charge is 0.508 e. The highest BCUT2D eigenvalue weighted by atomic mass is 16.3. The molecular weight excluding hydrogens is 318 g/mol. The fourth-order valence-electron chi connectivity index (χ4n) is 2.94. The number of fused-ring (bicyclic) bond motifs is 1. The van der Waals surface area contributed by atoms with E-state index in [1.807, 2.05) is 6.07 Å². The average molecular weight is 331 g/mol. The van der Waals surface area contributed by atoms with Gasteiger partial charge in [0.15, 0.2) is 0 Å². The minimum atomic E-state index is -0.410. The highest BCUT2D eigenvalue weighted by Gasteiger charge is 2.36. The molecule has 122 valence electrons. The Kier molecular flexibility index (Phi) is 3.28. The number of aromatic hydroxyl groups is 2. The molecule has 1 heterocycles. The van der Waals surface area contributed by atoms with E-state index in [4.69, 9.17) is 0 Å². The third-order valence-corrected chi connectivity index (χ3v) is 4.17. The monoisotopic (exact) mass is 331 g/mol. The van der Waals surface area contributed by atoms with Crippen molar-refractivity contribution in [1.82, 2.24) is 0 Å². The topological polar surface area (TPSA) is 77.8 Å². The van der Waals surface area contributed by atoms with Gasteiger partial charge in [-0.15, -0.1) is 0 Å². The molecule has 1 aliphatic heterocycles. The maximum atomic E-state index is 12.7. The van der Waals surface area contributed by atoms with E-state index in [0.29, 0.717) is 16.8 Å². The second-order valence-electron chi connectivity index (χ2n) is 5.77. The van der Waals surface area contributed by atoms with E-state index in [1.165, 1.54) is 24.3 Å². The van der Waals surface area contributed by atoms with Gasteiger partial charge in [-0.05, 0) is 59.7 Å². The van der Waals surface area contributed by atoms with E-state index in [-0.39, 0.29) is 11.5 Å². The van der Waals surface area contributed by atoms with E-state index in [1.54, 1.807) is 36.4 Å². The molecule has 25 heavy (non-hydrogen) atoms. The number of phenolic OH excluding ortho intramolecular Hbond substituents is 2. The van der Waals surface area contributed by atoms with Crippen LogP contribution in [0.25, 0.3) is 11.1 Å². The van der Waals surface area contributed by atoms with Crippen LogP contribution in [0.15, 0.2) is 66.7 Å². The van der Waals surface area contributed by atoms with Crippen molar-refractivity contribution in [1.29, 1.82) is 0 Å². The van der Waals surface area contributed by atoms with E-state index in [0.717, 1.165) is 16.0 Å². The van der Waals surface area contributed by atoms with Gasteiger partial charge in [-0.25, -0.2) is 4.90 Å². The Labute approximate surface area is 143 Å². The van der Waals surface area contributed by atoms with Crippen LogP contribution in [-0.4, -0.2) is 22.0 Å². The van der Waals surface area contributed by atoms with E-state index in [2.05, 4.69) is 0 Å². The van der Waals surface area contributed by atoms with Crippen molar-refractivity contribution < 1.29 is 19.8 Å². The minimum Gasteiger partial charge on any atom is -0.508 e. The van der Waals surface area contributed by atoms with Crippen LogP contribution in [-0.2, 0) is 0 Å². The van der Waals surface area contributed by atoms with E-state index >= 15 is 0 Å². The summed E-state index contributed by atoms with van der Waals surface area (Å²) in [4.78, 5) is 26.4. The van der Waals surface area contributed by atoms with Crippen LogP contribution in [0.5, 0.6) is 11.5 Å². The van der Waals surface area contributed by atoms with Gasteiger partial charge in [0.05, 0.1) is 16.8 Å². The first-order valence-corrected chi connectivity index (χ1v) is 7.66. The van der Waals surface area contributed by atoms with Crippen molar-refractivity contribution in [2.24, 2.45) is 0 Å². The number of carbonyl (C=O) groups excluding carboxylic acids is 2. The van der Waals surface area contributed by atoms with Crippen molar-refractivity contribution in [2.45, 2.75) is 0 Å². The van der Waals surface area contributed by atoms with Gasteiger partial charge in [0.2, 0.25) is 0 Å². The summed E-state index contributed by atoms with van der Waals surface area (Å²) in [7, 11) is 0. The number of carbonyl (C=O) groups is 2. The molecule has 0 aliphatic carbocycles. The van der Waals surface area contributed by atoms with Crippen LogP contribution in [0.1, 0.15) is 20.7 Å². The Balaban J connectivity index is 1.77. The molecule has 3 aromatic carbocycles. The minimum absolute atomic E-state index is 0.0616. The molecule has 0 radical (unpaired) electrons. The summed E-state index contributed by atoms with van der Waals surface area (Å²) >= 11 is 0. The Morgan fingerprint density at radius 3 is 2.04 bits per heavy atom. The molecule has 4 rings (SSSR count). The van der Waals surface area contributed by atoms with E-state index < -0.39 is 11.8 Å². The van der Waals surface area contributed by atoms with Crippen LogP contribution in [0.3, 0.4) is 0 Å². The highest BCUT2D eigenvalue weighted by molar-refractivity contribution is 6.34. The van der Waals surface area contributed by atoms with Gasteiger partial charge >= 0.3 is 0 Å².